The van der Waals surface area contributed by atoms with Gasteiger partial charge in [0.05, 0.1) is 0 Å². The van der Waals surface area contributed by atoms with Crippen molar-refractivity contribution in [3.63, 3.8) is 0 Å². The van der Waals surface area contributed by atoms with Crippen LogP contribution in [0.5, 0.6) is 0 Å². The third-order valence-corrected chi connectivity index (χ3v) is 3.63. The molecule has 0 aromatic rings. The van der Waals surface area contributed by atoms with Crippen molar-refractivity contribution in [3.05, 3.63) is 0 Å². The molecule has 0 radical (unpaired) electrons. The van der Waals surface area contributed by atoms with Gasteiger partial charge in [0.15, 0.2) is 0 Å². The van der Waals surface area contributed by atoms with Gasteiger partial charge in [-0.25, -0.2) is 0 Å². The third kappa shape index (κ3) is 3.49. The molecule has 3 nitrogen and oxygen atoms in total. The fourth-order valence-corrected chi connectivity index (χ4v) is 2.36. The summed E-state index contributed by atoms with van der Waals surface area (Å²) in [6.07, 6.45) is 10.1. The zero-order chi connectivity index (χ0) is 10.7. The zero-order valence-electron chi connectivity index (χ0n) is 9.43. The van der Waals surface area contributed by atoms with Gasteiger partial charge in [0, 0.05) is 18.0 Å². The van der Waals surface area contributed by atoms with Crippen molar-refractivity contribution >= 4 is 5.91 Å². The first-order chi connectivity index (χ1) is 7.18. The summed E-state index contributed by atoms with van der Waals surface area (Å²) in [5, 5.41) is 3.14. The fourth-order valence-electron chi connectivity index (χ4n) is 2.36. The minimum atomic E-state index is -0.144. The Bertz CT molecular complexity index is 228. The first kappa shape index (κ1) is 10.9. The van der Waals surface area contributed by atoms with Gasteiger partial charge >= 0.3 is 0 Å². The summed E-state index contributed by atoms with van der Waals surface area (Å²) >= 11 is 0. The van der Waals surface area contributed by atoms with E-state index >= 15 is 0 Å². The van der Waals surface area contributed by atoms with E-state index in [1.807, 2.05) is 0 Å². The van der Waals surface area contributed by atoms with Crippen LogP contribution in [-0.2, 0) is 4.79 Å². The fraction of sp³-hybridized carbons (Fsp3) is 0.917. The normalized spacial score (nSPS) is 25.7. The third-order valence-electron chi connectivity index (χ3n) is 3.63. The molecule has 15 heavy (non-hydrogen) atoms. The number of amides is 1. The highest BCUT2D eigenvalue weighted by atomic mass is 16.1. The molecule has 3 N–H and O–H groups in total. The van der Waals surface area contributed by atoms with Crippen molar-refractivity contribution < 1.29 is 4.79 Å². The molecule has 3 heteroatoms. The van der Waals surface area contributed by atoms with E-state index in [-0.39, 0.29) is 11.4 Å². The number of carbonyl (C=O) groups is 1. The van der Waals surface area contributed by atoms with Gasteiger partial charge in [-0.05, 0) is 25.7 Å². The van der Waals surface area contributed by atoms with Crippen LogP contribution >= 0.6 is 0 Å². The van der Waals surface area contributed by atoms with Gasteiger partial charge in [0.25, 0.3) is 0 Å². The number of hydrogen-bond acceptors (Lipinski definition) is 2. The lowest BCUT2D eigenvalue weighted by Gasteiger charge is -2.17. The predicted molar refractivity (Wildman–Crippen MR) is 60.4 cm³/mol. The van der Waals surface area contributed by atoms with Gasteiger partial charge in [0.1, 0.15) is 0 Å². The maximum atomic E-state index is 11.7. The standard InChI is InChI=1S/C12H22N2O/c13-12(7-8-12)9-11(15)14-10-5-3-1-2-4-6-10/h10H,1-9,13H2,(H,14,15). The lowest BCUT2D eigenvalue weighted by atomic mass is 10.1. The van der Waals surface area contributed by atoms with Gasteiger partial charge in [-0.2, -0.15) is 0 Å². The molecule has 0 aromatic carbocycles. The van der Waals surface area contributed by atoms with E-state index in [1.54, 1.807) is 0 Å². The van der Waals surface area contributed by atoms with Crippen molar-refractivity contribution in [1.82, 2.24) is 5.32 Å². The monoisotopic (exact) mass is 210 g/mol. The number of hydrogen-bond donors (Lipinski definition) is 2. The molecule has 86 valence electrons. The number of nitrogens with two attached hydrogens (primary N) is 1. The van der Waals surface area contributed by atoms with Gasteiger partial charge < -0.3 is 11.1 Å². The number of carbonyl (C=O) groups excluding carboxylic acids is 1. The molecule has 0 unspecified atom stereocenters. The maximum Gasteiger partial charge on any atom is 0.222 e. The summed E-state index contributed by atoms with van der Waals surface area (Å²) in [7, 11) is 0. The number of rotatable bonds is 3. The Labute approximate surface area is 91.8 Å². The summed E-state index contributed by atoms with van der Waals surface area (Å²) in [5.74, 6) is 0.168. The summed E-state index contributed by atoms with van der Waals surface area (Å²) in [6.45, 7) is 0. The molecule has 0 heterocycles. The van der Waals surface area contributed by atoms with Crippen LogP contribution in [-0.4, -0.2) is 17.5 Å². The Hall–Kier alpha value is -0.570. The minimum absolute atomic E-state index is 0.144. The molecule has 0 atom stereocenters. The predicted octanol–water partition coefficient (Wildman–Crippen LogP) is 1.71. The average molecular weight is 210 g/mol. The quantitative estimate of drug-likeness (QED) is 0.697. The SMILES string of the molecule is NC1(CC(=O)NC2CCCCCC2)CC1. The Morgan fingerprint density at radius 2 is 1.80 bits per heavy atom. The van der Waals surface area contributed by atoms with Crippen LogP contribution in [0.1, 0.15) is 57.8 Å². The molecule has 0 saturated heterocycles. The summed E-state index contributed by atoms with van der Waals surface area (Å²) in [5.41, 5.74) is 5.78. The van der Waals surface area contributed by atoms with E-state index in [9.17, 15) is 4.79 Å². The van der Waals surface area contributed by atoms with Crippen LogP contribution in [0.25, 0.3) is 0 Å². The Kier molecular flexibility index (Phi) is 3.29. The lowest BCUT2D eigenvalue weighted by Crippen LogP contribution is -2.38. The van der Waals surface area contributed by atoms with Crippen LogP contribution < -0.4 is 11.1 Å². The van der Waals surface area contributed by atoms with E-state index in [0.717, 1.165) is 25.7 Å². The average Bonchev–Trinajstić information content (AvgIpc) is 2.91. The van der Waals surface area contributed by atoms with Crippen molar-refractivity contribution in [1.29, 1.82) is 0 Å². The Balaban J connectivity index is 1.72. The van der Waals surface area contributed by atoms with Crippen LogP contribution in [0, 0.1) is 0 Å². The van der Waals surface area contributed by atoms with E-state index in [1.165, 1.54) is 25.7 Å². The highest BCUT2D eigenvalue weighted by molar-refractivity contribution is 5.78. The Morgan fingerprint density at radius 1 is 1.20 bits per heavy atom. The van der Waals surface area contributed by atoms with Crippen molar-refractivity contribution in [2.45, 2.75) is 69.4 Å². The highest BCUT2D eigenvalue weighted by Crippen LogP contribution is 2.35. The van der Waals surface area contributed by atoms with Gasteiger partial charge in [-0.1, -0.05) is 25.7 Å². The molecule has 2 saturated carbocycles. The molecule has 2 aliphatic carbocycles. The van der Waals surface area contributed by atoms with Crippen LogP contribution in [0.2, 0.25) is 0 Å². The summed E-state index contributed by atoms with van der Waals surface area (Å²) < 4.78 is 0. The second-order valence-corrected chi connectivity index (χ2v) is 5.30. The summed E-state index contributed by atoms with van der Waals surface area (Å²) in [6, 6.07) is 0.419. The lowest BCUT2D eigenvalue weighted by molar-refractivity contribution is -0.122. The smallest absolute Gasteiger partial charge is 0.222 e. The Morgan fingerprint density at radius 3 is 2.33 bits per heavy atom. The van der Waals surface area contributed by atoms with Gasteiger partial charge in [-0.3, -0.25) is 4.79 Å². The molecular formula is C12H22N2O. The first-order valence-electron chi connectivity index (χ1n) is 6.26. The summed E-state index contributed by atoms with van der Waals surface area (Å²) in [4.78, 5) is 11.7. The molecule has 1 amide bonds. The van der Waals surface area contributed by atoms with E-state index in [0.29, 0.717) is 12.5 Å². The molecule has 0 bridgehead atoms. The molecule has 0 aliphatic heterocycles. The van der Waals surface area contributed by atoms with Crippen LogP contribution in [0.4, 0.5) is 0 Å². The highest BCUT2D eigenvalue weighted by Gasteiger charge is 2.40. The molecular weight excluding hydrogens is 188 g/mol. The van der Waals surface area contributed by atoms with Crippen LogP contribution in [0.3, 0.4) is 0 Å². The van der Waals surface area contributed by atoms with E-state index in [4.69, 9.17) is 5.73 Å². The largest absolute Gasteiger partial charge is 0.353 e. The molecule has 2 aliphatic rings. The first-order valence-corrected chi connectivity index (χ1v) is 6.26. The van der Waals surface area contributed by atoms with Crippen molar-refractivity contribution in [2.24, 2.45) is 5.73 Å². The number of nitrogens with one attached hydrogen (secondary N) is 1. The topological polar surface area (TPSA) is 55.1 Å². The molecule has 2 rings (SSSR count). The van der Waals surface area contributed by atoms with Crippen molar-refractivity contribution in [3.8, 4) is 0 Å². The molecule has 0 spiro atoms. The second kappa shape index (κ2) is 4.52. The van der Waals surface area contributed by atoms with E-state index < -0.39 is 0 Å². The van der Waals surface area contributed by atoms with Gasteiger partial charge in [-0.15, -0.1) is 0 Å². The van der Waals surface area contributed by atoms with Gasteiger partial charge in [0.2, 0.25) is 5.91 Å². The second-order valence-electron chi connectivity index (χ2n) is 5.30. The van der Waals surface area contributed by atoms with Crippen molar-refractivity contribution in [2.75, 3.05) is 0 Å². The van der Waals surface area contributed by atoms with E-state index in [2.05, 4.69) is 5.32 Å². The zero-order valence-corrected chi connectivity index (χ0v) is 9.43. The molecule has 2 fully saturated rings. The molecule has 0 aromatic heterocycles. The van der Waals surface area contributed by atoms with Crippen LogP contribution in [0.15, 0.2) is 0 Å². The maximum absolute atomic E-state index is 11.7. The minimum Gasteiger partial charge on any atom is -0.353 e.